The standard InChI is InChI=1S/C35H29N5O5S2/c1-22-31(25-9-5-3-6-10-25)38-35(47-22)39-32(41)23(2)46-29-19-15-27(16-20-29)36-34(43)30(37-33(42)26-11-7-4-8-12-26)21-24-13-17-28(18-14-24)40(44)45/h3-21,23H,1-2H3,(H,36,43)(H,37,42)(H,38,39,41)/b30-21-. The van der Waals surface area contributed by atoms with Crippen molar-refractivity contribution < 1.29 is 19.3 Å². The summed E-state index contributed by atoms with van der Waals surface area (Å²) in [6.45, 7) is 3.78. The lowest BCUT2D eigenvalue weighted by molar-refractivity contribution is -0.384. The lowest BCUT2D eigenvalue weighted by atomic mass is 10.1. The number of amides is 3. The zero-order valence-corrected chi connectivity index (χ0v) is 26.9. The molecule has 10 nitrogen and oxygen atoms in total. The molecule has 5 aromatic rings. The van der Waals surface area contributed by atoms with Crippen LogP contribution >= 0.6 is 23.1 Å². The number of benzene rings is 4. The molecule has 0 aliphatic carbocycles. The molecule has 0 bridgehead atoms. The Morgan fingerprint density at radius 2 is 1.51 bits per heavy atom. The number of nitrogens with zero attached hydrogens (tertiary/aromatic N) is 2. The summed E-state index contributed by atoms with van der Waals surface area (Å²) >= 11 is 2.78. The van der Waals surface area contributed by atoms with Crippen molar-refractivity contribution in [3.8, 4) is 11.3 Å². The van der Waals surface area contributed by atoms with Gasteiger partial charge >= 0.3 is 0 Å². The van der Waals surface area contributed by atoms with Crippen LogP contribution in [0.2, 0.25) is 0 Å². The molecule has 0 aliphatic rings. The molecule has 0 saturated carbocycles. The zero-order valence-electron chi connectivity index (χ0n) is 25.3. The Morgan fingerprint density at radius 1 is 0.872 bits per heavy atom. The maximum absolute atomic E-state index is 13.3. The van der Waals surface area contributed by atoms with E-state index in [-0.39, 0.29) is 17.3 Å². The van der Waals surface area contributed by atoms with Gasteiger partial charge in [0.2, 0.25) is 5.91 Å². The number of thiazole rings is 1. The third-order valence-corrected chi connectivity index (χ3v) is 8.81. The zero-order chi connectivity index (χ0) is 33.3. The van der Waals surface area contributed by atoms with Gasteiger partial charge in [0.05, 0.1) is 15.9 Å². The molecule has 1 atom stereocenters. The highest BCUT2D eigenvalue weighted by Gasteiger charge is 2.19. The molecule has 47 heavy (non-hydrogen) atoms. The molecule has 5 rings (SSSR count). The quantitative estimate of drug-likeness (QED) is 0.0573. The number of thioether (sulfide) groups is 1. The van der Waals surface area contributed by atoms with Crippen molar-refractivity contribution in [1.82, 2.24) is 10.3 Å². The Hall–Kier alpha value is -5.59. The molecular formula is C35H29N5O5S2. The molecule has 1 unspecified atom stereocenters. The van der Waals surface area contributed by atoms with Crippen LogP contribution in [-0.4, -0.2) is 32.9 Å². The highest BCUT2D eigenvalue weighted by molar-refractivity contribution is 8.00. The average molecular weight is 664 g/mol. The molecule has 12 heteroatoms. The van der Waals surface area contributed by atoms with Crippen LogP contribution in [0.4, 0.5) is 16.5 Å². The van der Waals surface area contributed by atoms with Crippen LogP contribution in [0.15, 0.2) is 120 Å². The first-order chi connectivity index (χ1) is 22.7. The second-order valence-corrected chi connectivity index (χ2v) is 12.9. The number of non-ortho nitro benzene ring substituents is 1. The minimum atomic E-state index is -0.589. The number of anilines is 2. The Morgan fingerprint density at radius 3 is 2.15 bits per heavy atom. The van der Waals surface area contributed by atoms with E-state index in [1.807, 2.05) is 37.3 Å². The molecule has 1 heterocycles. The Kier molecular flexibility index (Phi) is 10.6. The number of carbonyl (C=O) groups is 3. The van der Waals surface area contributed by atoms with Gasteiger partial charge in [0.15, 0.2) is 5.13 Å². The van der Waals surface area contributed by atoms with Gasteiger partial charge in [-0.25, -0.2) is 4.98 Å². The molecule has 0 aliphatic heterocycles. The van der Waals surface area contributed by atoms with Crippen molar-refractivity contribution >= 4 is 63.4 Å². The smallest absolute Gasteiger partial charge is 0.272 e. The fourth-order valence-electron chi connectivity index (χ4n) is 4.40. The predicted molar refractivity (Wildman–Crippen MR) is 186 cm³/mol. The normalized spacial score (nSPS) is 11.7. The largest absolute Gasteiger partial charge is 0.321 e. The Labute approximate surface area is 279 Å². The molecule has 0 fully saturated rings. The van der Waals surface area contributed by atoms with Gasteiger partial charge in [-0.2, -0.15) is 0 Å². The van der Waals surface area contributed by atoms with Crippen LogP contribution in [0.5, 0.6) is 0 Å². The third-order valence-electron chi connectivity index (χ3n) is 6.81. The number of aromatic nitrogens is 1. The summed E-state index contributed by atoms with van der Waals surface area (Å²) in [5, 5.41) is 19.5. The van der Waals surface area contributed by atoms with E-state index in [0.29, 0.717) is 21.9 Å². The molecular weight excluding hydrogens is 635 g/mol. The van der Waals surface area contributed by atoms with Gasteiger partial charge in [-0.3, -0.25) is 24.5 Å². The first-order valence-corrected chi connectivity index (χ1v) is 16.1. The number of hydrogen-bond donors (Lipinski definition) is 3. The minimum Gasteiger partial charge on any atom is -0.321 e. The minimum absolute atomic E-state index is 0.0516. The number of carbonyl (C=O) groups excluding carboxylic acids is 3. The van der Waals surface area contributed by atoms with Crippen LogP contribution in [0.3, 0.4) is 0 Å². The summed E-state index contributed by atoms with van der Waals surface area (Å²) in [6, 6.07) is 30.8. The summed E-state index contributed by atoms with van der Waals surface area (Å²) in [4.78, 5) is 56.1. The van der Waals surface area contributed by atoms with Gasteiger partial charge in [0.25, 0.3) is 17.5 Å². The van der Waals surface area contributed by atoms with E-state index < -0.39 is 22.0 Å². The number of aryl methyl sites for hydroxylation is 1. The highest BCUT2D eigenvalue weighted by atomic mass is 32.2. The lowest BCUT2D eigenvalue weighted by Crippen LogP contribution is -2.30. The second kappa shape index (κ2) is 15.1. The van der Waals surface area contributed by atoms with E-state index in [2.05, 4.69) is 20.9 Å². The Bertz CT molecular complexity index is 1930. The first kappa shape index (κ1) is 32.8. The van der Waals surface area contributed by atoms with Gasteiger partial charge in [0.1, 0.15) is 5.70 Å². The van der Waals surface area contributed by atoms with Crippen LogP contribution in [0.1, 0.15) is 27.7 Å². The molecule has 0 spiro atoms. The topological polar surface area (TPSA) is 143 Å². The van der Waals surface area contributed by atoms with E-state index in [4.69, 9.17) is 0 Å². The van der Waals surface area contributed by atoms with E-state index in [1.165, 1.54) is 53.4 Å². The molecule has 3 amide bonds. The van der Waals surface area contributed by atoms with Crippen molar-refractivity contribution in [3.63, 3.8) is 0 Å². The molecule has 1 aromatic heterocycles. The van der Waals surface area contributed by atoms with Gasteiger partial charge in [-0.05, 0) is 74.0 Å². The molecule has 0 saturated heterocycles. The monoisotopic (exact) mass is 663 g/mol. The Balaban J connectivity index is 1.23. The summed E-state index contributed by atoms with van der Waals surface area (Å²) in [7, 11) is 0. The van der Waals surface area contributed by atoms with Crippen LogP contribution in [0.25, 0.3) is 17.3 Å². The van der Waals surface area contributed by atoms with E-state index in [1.54, 1.807) is 61.5 Å². The fraction of sp³-hybridized carbons (Fsp3) is 0.0857. The van der Waals surface area contributed by atoms with E-state index in [9.17, 15) is 24.5 Å². The van der Waals surface area contributed by atoms with Crippen LogP contribution in [0, 0.1) is 17.0 Å². The first-order valence-electron chi connectivity index (χ1n) is 14.4. The van der Waals surface area contributed by atoms with Crippen LogP contribution < -0.4 is 16.0 Å². The maximum Gasteiger partial charge on any atom is 0.272 e. The molecule has 236 valence electrons. The summed E-state index contributed by atoms with van der Waals surface area (Å²) in [5.41, 5.74) is 2.99. The number of nitro groups is 1. The number of hydrogen-bond acceptors (Lipinski definition) is 8. The van der Waals surface area contributed by atoms with Crippen molar-refractivity contribution in [2.24, 2.45) is 0 Å². The molecule has 0 radical (unpaired) electrons. The fourth-order valence-corrected chi connectivity index (χ4v) is 6.10. The van der Waals surface area contributed by atoms with Crippen molar-refractivity contribution in [2.45, 2.75) is 24.0 Å². The average Bonchev–Trinajstić information content (AvgIpc) is 3.45. The highest BCUT2D eigenvalue weighted by Crippen LogP contribution is 2.31. The van der Waals surface area contributed by atoms with Gasteiger partial charge in [-0.15, -0.1) is 23.1 Å². The van der Waals surface area contributed by atoms with Gasteiger partial charge in [0, 0.05) is 38.7 Å². The SMILES string of the molecule is Cc1sc(NC(=O)C(C)Sc2ccc(NC(=O)/C(=C/c3ccc([N+](=O)[O-])cc3)NC(=O)c3ccccc3)cc2)nc1-c1ccccc1. The number of nitrogens with one attached hydrogen (secondary N) is 3. The van der Waals surface area contributed by atoms with Gasteiger partial charge < -0.3 is 16.0 Å². The number of rotatable bonds is 11. The molecule has 3 N–H and O–H groups in total. The van der Waals surface area contributed by atoms with E-state index in [0.717, 1.165) is 21.0 Å². The summed E-state index contributed by atoms with van der Waals surface area (Å²) in [6.07, 6.45) is 1.44. The number of nitro benzene ring substituents is 1. The van der Waals surface area contributed by atoms with Gasteiger partial charge in [-0.1, -0.05) is 48.5 Å². The third kappa shape index (κ3) is 8.78. The second-order valence-electron chi connectivity index (χ2n) is 10.2. The van der Waals surface area contributed by atoms with Crippen molar-refractivity contribution in [1.29, 1.82) is 0 Å². The molecule has 4 aromatic carbocycles. The van der Waals surface area contributed by atoms with Crippen LogP contribution in [-0.2, 0) is 9.59 Å². The summed E-state index contributed by atoms with van der Waals surface area (Å²) < 4.78 is 0. The predicted octanol–water partition coefficient (Wildman–Crippen LogP) is 7.56. The van der Waals surface area contributed by atoms with Crippen molar-refractivity contribution in [3.05, 3.63) is 141 Å². The maximum atomic E-state index is 13.3. The lowest BCUT2D eigenvalue weighted by Gasteiger charge is -2.13. The van der Waals surface area contributed by atoms with Crippen molar-refractivity contribution in [2.75, 3.05) is 10.6 Å². The summed E-state index contributed by atoms with van der Waals surface area (Å²) in [5.74, 6) is -1.26. The van der Waals surface area contributed by atoms with E-state index >= 15 is 0 Å².